The lowest BCUT2D eigenvalue weighted by Crippen LogP contribution is -2.09. The monoisotopic (exact) mass is 324 g/mol. The summed E-state index contributed by atoms with van der Waals surface area (Å²) in [6.45, 7) is -0.170. The topological polar surface area (TPSA) is 119 Å². The average molecular weight is 324 g/mol. The number of azide groups is 1. The number of ether oxygens (including phenoxy) is 1. The molecule has 23 heavy (non-hydrogen) atoms. The SMILES string of the molecule is COc1nc([N+](=O)[O-])cn1CC(N=[N+]=[N-])c1ccc(F)cc1F. The number of aromatic nitrogens is 2. The molecule has 0 fully saturated rings. The number of nitro groups is 1. The van der Waals surface area contributed by atoms with Crippen LogP contribution < -0.4 is 4.74 Å². The number of benzene rings is 1. The molecule has 11 heteroatoms. The summed E-state index contributed by atoms with van der Waals surface area (Å²) in [5, 5.41) is 14.2. The predicted octanol–water partition coefficient (Wildman–Crippen LogP) is 3.13. The third-order valence-electron chi connectivity index (χ3n) is 2.98. The molecule has 1 atom stereocenters. The van der Waals surface area contributed by atoms with Gasteiger partial charge in [0, 0.05) is 22.5 Å². The average Bonchev–Trinajstić information content (AvgIpc) is 2.90. The van der Waals surface area contributed by atoms with E-state index in [1.165, 1.54) is 11.7 Å². The van der Waals surface area contributed by atoms with Gasteiger partial charge < -0.3 is 14.9 Å². The normalized spacial score (nSPS) is 11.6. The van der Waals surface area contributed by atoms with E-state index < -0.39 is 28.4 Å². The summed E-state index contributed by atoms with van der Waals surface area (Å²) in [6.07, 6.45) is 1.07. The molecule has 0 saturated carbocycles. The molecule has 9 nitrogen and oxygen atoms in total. The summed E-state index contributed by atoms with van der Waals surface area (Å²) < 4.78 is 32.9. The Labute approximate surface area is 127 Å². The van der Waals surface area contributed by atoms with Gasteiger partial charge in [-0.15, -0.1) is 0 Å². The highest BCUT2D eigenvalue weighted by Crippen LogP contribution is 2.27. The zero-order valence-electron chi connectivity index (χ0n) is 11.8. The smallest absolute Gasteiger partial charge is 0.413 e. The first-order chi connectivity index (χ1) is 11.0. The van der Waals surface area contributed by atoms with Gasteiger partial charge in [-0.05, 0) is 22.1 Å². The van der Waals surface area contributed by atoms with Gasteiger partial charge in [0.05, 0.1) is 13.2 Å². The second-order valence-electron chi connectivity index (χ2n) is 4.38. The van der Waals surface area contributed by atoms with Gasteiger partial charge in [0.25, 0.3) is 0 Å². The maximum Gasteiger partial charge on any atom is 0.413 e. The van der Waals surface area contributed by atoms with Crippen LogP contribution in [0.3, 0.4) is 0 Å². The van der Waals surface area contributed by atoms with Crippen LogP contribution in [-0.4, -0.2) is 21.6 Å². The van der Waals surface area contributed by atoms with Crippen molar-refractivity contribution in [3.05, 3.63) is 62.2 Å². The van der Waals surface area contributed by atoms with E-state index in [0.717, 1.165) is 18.3 Å². The molecule has 1 aromatic carbocycles. The molecule has 0 saturated heterocycles. The fraction of sp³-hybridized carbons (Fsp3) is 0.250. The molecule has 0 aliphatic heterocycles. The molecule has 120 valence electrons. The van der Waals surface area contributed by atoms with Gasteiger partial charge in [0.2, 0.25) is 0 Å². The zero-order valence-corrected chi connectivity index (χ0v) is 11.8. The summed E-state index contributed by atoms with van der Waals surface area (Å²) in [4.78, 5) is 16.3. The molecule has 0 amide bonds. The first-order valence-corrected chi connectivity index (χ1v) is 6.21. The molecule has 1 unspecified atom stereocenters. The number of rotatable bonds is 6. The Balaban J connectivity index is 2.40. The van der Waals surface area contributed by atoms with Gasteiger partial charge in [-0.2, -0.15) is 0 Å². The third kappa shape index (κ3) is 3.52. The number of hydrogen-bond donors (Lipinski definition) is 0. The number of halogens is 2. The van der Waals surface area contributed by atoms with Gasteiger partial charge in [-0.1, -0.05) is 11.2 Å². The van der Waals surface area contributed by atoms with Crippen LogP contribution in [-0.2, 0) is 6.54 Å². The van der Waals surface area contributed by atoms with Crippen LogP contribution >= 0.6 is 0 Å². The predicted molar refractivity (Wildman–Crippen MR) is 73.7 cm³/mol. The van der Waals surface area contributed by atoms with Crippen molar-refractivity contribution in [3.63, 3.8) is 0 Å². The zero-order chi connectivity index (χ0) is 17.0. The van der Waals surface area contributed by atoms with Crippen LogP contribution in [0.25, 0.3) is 10.4 Å². The molecule has 2 rings (SSSR count). The van der Waals surface area contributed by atoms with Gasteiger partial charge >= 0.3 is 11.8 Å². The van der Waals surface area contributed by atoms with E-state index in [-0.39, 0.29) is 18.1 Å². The number of nitrogens with zero attached hydrogens (tertiary/aromatic N) is 6. The van der Waals surface area contributed by atoms with E-state index in [0.29, 0.717) is 6.07 Å². The molecule has 0 aliphatic carbocycles. The molecule has 0 bridgehead atoms. The first kappa shape index (κ1) is 16.2. The molecule has 1 heterocycles. The Morgan fingerprint density at radius 2 is 2.30 bits per heavy atom. The van der Waals surface area contributed by atoms with Crippen molar-refractivity contribution in [3.8, 4) is 6.01 Å². The maximum absolute atomic E-state index is 13.9. The third-order valence-corrected chi connectivity index (χ3v) is 2.98. The molecular formula is C12H10F2N6O3. The van der Waals surface area contributed by atoms with Gasteiger partial charge in [-0.25, -0.2) is 8.78 Å². The van der Waals surface area contributed by atoms with E-state index in [4.69, 9.17) is 10.3 Å². The van der Waals surface area contributed by atoms with E-state index in [9.17, 15) is 18.9 Å². The van der Waals surface area contributed by atoms with Crippen molar-refractivity contribution in [2.45, 2.75) is 12.6 Å². The van der Waals surface area contributed by atoms with Crippen molar-refractivity contribution in [1.82, 2.24) is 9.55 Å². The van der Waals surface area contributed by atoms with Crippen molar-refractivity contribution in [2.24, 2.45) is 5.11 Å². The fourth-order valence-electron chi connectivity index (χ4n) is 1.98. The second kappa shape index (κ2) is 6.71. The molecule has 0 radical (unpaired) electrons. The Morgan fingerprint density at radius 3 is 2.87 bits per heavy atom. The van der Waals surface area contributed by atoms with Gasteiger partial charge in [0.15, 0.2) is 0 Å². The molecular weight excluding hydrogens is 314 g/mol. The van der Waals surface area contributed by atoms with E-state index in [2.05, 4.69) is 15.0 Å². The quantitative estimate of drug-likeness (QED) is 0.266. The molecule has 2 aromatic rings. The Kier molecular flexibility index (Phi) is 4.72. The first-order valence-electron chi connectivity index (χ1n) is 6.21. The van der Waals surface area contributed by atoms with E-state index >= 15 is 0 Å². The minimum atomic E-state index is -1.07. The largest absolute Gasteiger partial charge is 0.449 e. The Morgan fingerprint density at radius 1 is 1.57 bits per heavy atom. The highest BCUT2D eigenvalue weighted by Gasteiger charge is 2.23. The van der Waals surface area contributed by atoms with Crippen LogP contribution in [0.2, 0.25) is 0 Å². The summed E-state index contributed by atoms with van der Waals surface area (Å²) in [7, 11) is 1.25. The van der Waals surface area contributed by atoms with Crippen LogP contribution in [0.5, 0.6) is 6.01 Å². The van der Waals surface area contributed by atoms with Crippen molar-refractivity contribution in [1.29, 1.82) is 0 Å². The highest BCUT2D eigenvalue weighted by atomic mass is 19.1. The lowest BCUT2D eigenvalue weighted by atomic mass is 10.1. The molecule has 0 spiro atoms. The van der Waals surface area contributed by atoms with Crippen molar-refractivity contribution < 1.29 is 18.4 Å². The van der Waals surface area contributed by atoms with E-state index in [1.807, 2.05) is 0 Å². The van der Waals surface area contributed by atoms with Crippen LogP contribution in [0, 0.1) is 21.7 Å². The van der Waals surface area contributed by atoms with Gasteiger partial charge in [-0.3, -0.25) is 4.57 Å². The number of hydrogen-bond acceptors (Lipinski definition) is 5. The summed E-state index contributed by atoms with van der Waals surface area (Å²) in [6, 6.07) is 1.65. The van der Waals surface area contributed by atoms with Crippen molar-refractivity contribution in [2.75, 3.05) is 7.11 Å². The lowest BCUT2D eigenvalue weighted by Gasteiger charge is -2.13. The molecule has 1 aromatic heterocycles. The maximum atomic E-state index is 13.9. The minimum absolute atomic E-state index is 0.0531. The van der Waals surface area contributed by atoms with Crippen LogP contribution in [0.15, 0.2) is 29.5 Å². The van der Waals surface area contributed by atoms with E-state index in [1.54, 1.807) is 0 Å². The minimum Gasteiger partial charge on any atom is -0.449 e. The Bertz CT molecular complexity index is 787. The molecule has 0 N–H and O–H groups in total. The number of imidazole rings is 1. The number of methoxy groups -OCH3 is 1. The summed E-state index contributed by atoms with van der Waals surface area (Å²) >= 11 is 0. The highest BCUT2D eigenvalue weighted by molar-refractivity contribution is 5.24. The summed E-state index contributed by atoms with van der Waals surface area (Å²) in [5.41, 5.74) is 8.59. The Hall–Kier alpha value is -3.20. The lowest BCUT2D eigenvalue weighted by molar-refractivity contribution is -0.389. The standard InChI is InChI=1S/C12H10F2N6O3/c1-23-12-16-11(20(21)22)6-19(12)5-10(17-18-15)8-3-2-7(13)4-9(8)14/h2-4,6,10H,5H2,1H3. The van der Waals surface area contributed by atoms with Crippen LogP contribution in [0.4, 0.5) is 14.6 Å². The van der Waals surface area contributed by atoms with Gasteiger partial charge in [0.1, 0.15) is 17.8 Å². The van der Waals surface area contributed by atoms with Crippen LogP contribution in [0.1, 0.15) is 11.6 Å². The van der Waals surface area contributed by atoms with Crippen molar-refractivity contribution >= 4 is 5.82 Å². The summed E-state index contributed by atoms with van der Waals surface area (Å²) in [5.74, 6) is -2.14. The fourth-order valence-corrected chi connectivity index (χ4v) is 1.98. The molecule has 0 aliphatic rings. The second-order valence-corrected chi connectivity index (χ2v) is 4.38.